The summed E-state index contributed by atoms with van der Waals surface area (Å²) in [6.07, 6.45) is 3.00. The number of nitrogens with one attached hydrogen (secondary N) is 2. The molecule has 7 nitrogen and oxygen atoms in total. The van der Waals surface area contributed by atoms with E-state index in [1.165, 1.54) is 6.07 Å². The molecule has 2 N–H and O–H groups in total. The summed E-state index contributed by atoms with van der Waals surface area (Å²) in [5, 5.41) is 11.1. The summed E-state index contributed by atoms with van der Waals surface area (Å²) < 4.78 is 26.6. The Morgan fingerprint density at radius 2 is 1.94 bits per heavy atom. The molecule has 2 aromatic heterocycles. The van der Waals surface area contributed by atoms with Crippen molar-refractivity contribution in [2.75, 3.05) is 6.61 Å². The number of pyridine rings is 1. The van der Waals surface area contributed by atoms with Gasteiger partial charge >= 0.3 is 6.09 Å². The van der Waals surface area contributed by atoms with E-state index in [2.05, 4.69) is 42.5 Å². The van der Waals surface area contributed by atoms with Crippen LogP contribution in [-0.4, -0.2) is 39.5 Å². The number of rotatable bonds is 7. The molecule has 0 saturated heterocycles. The minimum absolute atomic E-state index is 0.0970. The number of amides is 1. The number of carbonyl (C=O) groups excluding carboxylic acids is 1. The van der Waals surface area contributed by atoms with Crippen LogP contribution in [0.4, 0.5) is 9.18 Å². The van der Waals surface area contributed by atoms with E-state index in [0.29, 0.717) is 15.8 Å². The SMILES string of the molecule is Cc1[nH]nc2ccc(-c3cncc(OC[C@H](Cc4ccc(Br)cc4F)NC(=O)OC(C)(C)C)c3)cc12. The van der Waals surface area contributed by atoms with Gasteiger partial charge in [0, 0.05) is 27.3 Å². The molecule has 36 heavy (non-hydrogen) atoms. The summed E-state index contributed by atoms with van der Waals surface area (Å²) >= 11 is 3.27. The number of nitrogens with zero attached hydrogens (tertiary/aromatic N) is 2. The Kier molecular flexibility index (Phi) is 7.59. The Morgan fingerprint density at radius 3 is 2.69 bits per heavy atom. The highest BCUT2D eigenvalue weighted by Crippen LogP contribution is 2.27. The second-order valence-corrected chi connectivity index (χ2v) is 10.5. The molecule has 0 aliphatic heterocycles. The number of fused-ring (bicyclic) bond motifs is 1. The summed E-state index contributed by atoms with van der Waals surface area (Å²) in [7, 11) is 0. The van der Waals surface area contributed by atoms with E-state index < -0.39 is 17.7 Å². The molecule has 0 saturated carbocycles. The molecular weight excluding hydrogens is 527 g/mol. The van der Waals surface area contributed by atoms with E-state index in [-0.39, 0.29) is 18.8 Å². The zero-order valence-corrected chi connectivity index (χ0v) is 22.1. The number of aromatic nitrogens is 3. The zero-order chi connectivity index (χ0) is 25.9. The van der Waals surface area contributed by atoms with Crippen LogP contribution in [0.1, 0.15) is 32.0 Å². The van der Waals surface area contributed by atoms with E-state index >= 15 is 0 Å². The van der Waals surface area contributed by atoms with Gasteiger partial charge < -0.3 is 14.8 Å². The zero-order valence-electron chi connectivity index (χ0n) is 20.6. The van der Waals surface area contributed by atoms with Crippen LogP contribution in [0.5, 0.6) is 5.75 Å². The number of halogens is 2. The number of H-pyrrole nitrogens is 1. The van der Waals surface area contributed by atoms with E-state index in [4.69, 9.17) is 9.47 Å². The van der Waals surface area contributed by atoms with Gasteiger partial charge in [-0.3, -0.25) is 10.1 Å². The van der Waals surface area contributed by atoms with E-state index in [0.717, 1.165) is 27.7 Å². The van der Waals surface area contributed by atoms with Crippen molar-refractivity contribution < 1.29 is 18.7 Å². The number of benzene rings is 2. The first-order valence-electron chi connectivity index (χ1n) is 11.5. The monoisotopic (exact) mass is 554 g/mol. The molecule has 1 atom stereocenters. The molecule has 0 aliphatic carbocycles. The summed E-state index contributed by atoms with van der Waals surface area (Å²) in [5.41, 5.74) is 3.54. The van der Waals surface area contributed by atoms with Crippen LogP contribution in [-0.2, 0) is 11.2 Å². The normalized spacial score (nSPS) is 12.4. The van der Waals surface area contributed by atoms with Crippen molar-refractivity contribution in [2.45, 2.75) is 45.8 Å². The summed E-state index contributed by atoms with van der Waals surface area (Å²) in [4.78, 5) is 16.8. The Bertz CT molecular complexity index is 1380. The third kappa shape index (κ3) is 6.60. The Hall–Kier alpha value is -3.46. The molecule has 0 aliphatic rings. The molecule has 2 heterocycles. The van der Waals surface area contributed by atoms with Crippen LogP contribution in [0, 0.1) is 12.7 Å². The molecule has 0 radical (unpaired) electrons. The maximum absolute atomic E-state index is 14.5. The quantitative estimate of drug-likeness (QED) is 0.278. The largest absolute Gasteiger partial charge is 0.490 e. The standard InChI is InChI=1S/C27H28BrFN4O3/c1-16-23-11-17(6-8-25(23)33-32-16)19-10-22(14-30-13-19)35-15-21(31-26(34)36-27(2,3)4)9-18-5-7-20(28)12-24(18)29/h5-8,10-14,21H,9,15H2,1-4H3,(H,31,34)(H,32,33)/t21-/m0/s1. The van der Waals surface area contributed by atoms with Crippen molar-refractivity contribution in [3.05, 3.63) is 76.4 Å². The summed E-state index contributed by atoms with van der Waals surface area (Å²) in [5.74, 6) is 0.165. The number of ether oxygens (including phenoxy) is 2. The Morgan fingerprint density at radius 1 is 1.14 bits per heavy atom. The lowest BCUT2D eigenvalue weighted by molar-refractivity contribution is 0.0487. The average molecular weight is 555 g/mol. The minimum Gasteiger partial charge on any atom is -0.490 e. The van der Waals surface area contributed by atoms with E-state index in [1.54, 1.807) is 45.3 Å². The van der Waals surface area contributed by atoms with Crippen molar-refractivity contribution in [1.29, 1.82) is 0 Å². The van der Waals surface area contributed by atoms with Crippen molar-refractivity contribution in [3.8, 4) is 16.9 Å². The fraction of sp³-hybridized carbons (Fsp3) is 0.296. The highest BCUT2D eigenvalue weighted by molar-refractivity contribution is 9.10. The first kappa shape index (κ1) is 25.6. The average Bonchev–Trinajstić information content (AvgIpc) is 3.18. The Balaban J connectivity index is 1.51. The molecule has 9 heteroatoms. The minimum atomic E-state index is -0.662. The third-order valence-electron chi connectivity index (χ3n) is 5.44. The first-order chi connectivity index (χ1) is 17.1. The topological polar surface area (TPSA) is 89.1 Å². The fourth-order valence-corrected chi connectivity index (χ4v) is 4.08. The highest BCUT2D eigenvalue weighted by Gasteiger charge is 2.21. The van der Waals surface area contributed by atoms with Crippen LogP contribution < -0.4 is 10.1 Å². The number of aryl methyl sites for hydroxylation is 1. The predicted molar refractivity (Wildman–Crippen MR) is 141 cm³/mol. The van der Waals surface area contributed by atoms with Crippen molar-refractivity contribution >= 4 is 32.9 Å². The third-order valence-corrected chi connectivity index (χ3v) is 5.94. The number of alkyl carbamates (subject to hydrolysis) is 1. The van der Waals surface area contributed by atoms with Gasteiger partial charge in [-0.05, 0) is 75.6 Å². The van der Waals surface area contributed by atoms with Gasteiger partial charge in [0.05, 0.1) is 17.8 Å². The van der Waals surface area contributed by atoms with Gasteiger partial charge in [0.15, 0.2) is 0 Å². The smallest absolute Gasteiger partial charge is 0.408 e. The van der Waals surface area contributed by atoms with Gasteiger partial charge in [-0.25, -0.2) is 9.18 Å². The lowest BCUT2D eigenvalue weighted by atomic mass is 10.0. The molecule has 0 fully saturated rings. The number of carbonyl (C=O) groups is 1. The van der Waals surface area contributed by atoms with E-state index in [9.17, 15) is 9.18 Å². The summed E-state index contributed by atoms with van der Waals surface area (Å²) in [6, 6.07) is 12.2. The van der Waals surface area contributed by atoms with Gasteiger partial charge in [0.25, 0.3) is 0 Å². The van der Waals surface area contributed by atoms with Crippen molar-refractivity contribution in [2.24, 2.45) is 0 Å². The van der Waals surface area contributed by atoms with Gasteiger partial charge in [-0.15, -0.1) is 0 Å². The molecular formula is C27H28BrFN4O3. The van der Waals surface area contributed by atoms with Crippen LogP contribution in [0.2, 0.25) is 0 Å². The molecule has 1 amide bonds. The first-order valence-corrected chi connectivity index (χ1v) is 12.3. The molecule has 0 unspecified atom stereocenters. The molecule has 4 rings (SSSR count). The van der Waals surface area contributed by atoms with Crippen LogP contribution in [0.25, 0.3) is 22.0 Å². The molecule has 2 aromatic carbocycles. The molecule has 0 spiro atoms. The number of aromatic amines is 1. The number of hydrogen-bond acceptors (Lipinski definition) is 5. The van der Waals surface area contributed by atoms with Crippen LogP contribution in [0.15, 0.2) is 59.3 Å². The Labute approximate surface area is 217 Å². The lowest BCUT2D eigenvalue weighted by Gasteiger charge is -2.24. The van der Waals surface area contributed by atoms with Gasteiger partial charge in [-0.1, -0.05) is 28.1 Å². The van der Waals surface area contributed by atoms with Gasteiger partial charge in [0.2, 0.25) is 0 Å². The van der Waals surface area contributed by atoms with Crippen molar-refractivity contribution in [1.82, 2.24) is 20.5 Å². The van der Waals surface area contributed by atoms with Crippen LogP contribution in [0.3, 0.4) is 0 Å². The van der Waals surface area contributed by atoms with Gasteiger partial charge in [0.1, 0.15) is 23.8 Å². The predicted octanol–water partition coefficient (Wildman–Crippen LogP) is 6.35. The highest BCUT2D eigenvalue weighted by atomic mass is 79.9. The maximum atomic E-state index is 14.5. The second kappa shape index (κ2) is 10.7. The second-order valence-electron chi connectivity index (χ2n) is 9.58. The molecule has 4 aromatic rings. The number of hydrogen-bond donors (Lipinski definition) is 2. The van der Waals surface area contributed by atoms with Gasteiger partial charge in [-0.2, -0.15) is 5.10 Å². The maximum Gasteiger partial charge on any atom is 0.408 e. The fourth-order valence-electron chi connectivity index (χ4n) is 3.75. The van der Waals surface area contributed by atoms with Crippen molar-refractivity contribution in [3.63, 3.8) is 0 Å². The molecule has 0 bridgehead atoms. The van der Waals surface area contributed by atoms with Crippen LogP contribution >= 0.6 is 15.9 Å². The molecule has 188 valence electrons. The van der Waals surface area contributed by atoms with E-state index in [1.807, 2.05) is 25.1 Å². The lowest BCUT2D eigenvalue weighted by Crippen LogP contribution is -2.43. The summed E-state index contributed by atoms with van der Waals surface area (Å²) in [6.45, 7) is 7.42.